The van der Waals surface area contributed by atoms with Crippen LogP contribution in [0.4, 0.5) is 0 Å². The van der Waals surface area contributed by atoms with Crippen LogP contribution >= 0.6 is 0 Å². The number of aliphatic hydroxyl groups is 1. The van der Waals surface area contributed by atoms with Gasteiger partial charge in [-0.25, -0.2) is 0 Å². The minimum absolute atomic E-state index is 0.0409. The highest BCUT2D eigenvalue weighted by atomic mass is 16.5. The Morgan fingerprint density at radius 2 is 2.03 bits per heavy atom. The molecular weight excluding hydrogens is 403 g/mol. The second-order valence-electron chi connectivity index (χ2n) is 11.1. The smallest absolute Gasteiger partial charge is 0.309 e. The Balaban J connectivity index is 1.51. The number of hydrogen-bond donors (Lipinski definition) is 1. The van der Waals surface area contributed by atoms with Crippen molar-refractivity contribution in [3.05, 3.63) is 23.8 Å². The zero-order chi connectivity index (χ0) is 23.3. The third kappa shape index (κ3) is 3.83. The van der Waals surface area contributed by atoms with Crippen molar-refractivity contribution in [2.45, 2.75) is 71.8 Å². The summed E-state index contributed by atoms with van der Waals surface area (Å²) in [5.74, 6) is 0.579. The van der Waals surface area contributed by atoms with Gasteiger partial charge in [0, 0.05) is 11.3 Å². The van der Waals surface area contributed by atoms with E-state index in [-0.39, 0.29) is 46.0 Å². The van der Waals surface area contributed by atoms with Gasteiger partial charge in [0.05, 0.1) is 24.3 Å². The molecule has 0 aromatic heterocycles. The van der Waals surface area contributed by atoms with Crippen LogP contribution in [0, 0.1) is 40.4 Å². The van der Waals surface area contributed by atoms with E-state index in [1.165, 1.54) is 0 Å². The number of rotatable bonds is 6. The summed E-state index contributed by atoms with van der Waals surface area (Å²) in [6.07, 6.45) is 9.84. The molecule has 0 saturated heterocycles. The van der Waals surface area contributed by atoms with E-state index in [2.05, 4.69) is 20.8 Å². The first-order valence-corrected chi connectivity index (χ1v) is 12.1. The number of allylic oxidation sites excluding steroid dienone is 4. The number of aliphatic hydroxyl groups excluding tert-OH is 1. The fourth-order valence-electron chi connectivity index (χ4n) is 7.86. The second kappa shape index (κ2) is 8.59. The lowest BCUT2D eigenvalue weighted by molar-refractivity contribution is -0.162. The average Bonchev–Trinajstić information content (AvgIpc) is 2.97. The standard InChI is InChI=1S/C26H35BO5/c1-15-12-19-18-8-7-16-13-17(28)9-10-25(16,2)23(18)20(29)14-26(19,3)22(15)24(31)32-11-5-4-6-21(27)30/h9-10,13,15,18-20,22-23,29H,4-8,11-12,14H2,1-3H3/t15-,18?,19?,20+,22?,23?,25?,26?/m1/s1. The predicted octanol–water partition coefficient (Wildman–Crippen LogP) is 3.54. The van der Waals surface area contributed by atoms with E-state index in [1.807, 2.05) is 6.08 Å². The number of hydrogen-bond acceptors (Lipinski definition) is 5. The van der Waals surface area contributed by atoms with Crippen LogP contribution in [0.3, 0.4) is 0 Å². The maximum absolute atomic E-state index is 13.2. The third-order valence-corrected chi connectivity index (χ3v) is 9.15. The molecule has 5 nitrogen and oxygen atoms in total. The minimum atomic E-state index is -0.524. The van der Waals surface area contributed by atoms with Gasteiger partial charge in [0.1, 0.15) is 0 Å². The number of unbranched alkanes of at least 4 members (excludes halogenated alkanes) is 1. The number of carbonyl (C=O) groups excluding carboxylic acids is 3. The van der Waals surface area contributed by atoms with Gasteiger partial charge in [-0.2, -0.15) is 0 Å². The summed E-state index contributed by atoms with van der Waals surface area (Å²) in [4.78, 5) is 36.0. The molecule has 4 aliphatic rings. The second-order valence-corrected chi connectivity index (χ2v) is 11.1. The Kier molecular flexibility index (Phi) is 6.30. The summed E-state index contributed by atoms with van der Waals surface area (Å²) in [5, 5.41) is 11.4. The molecule has 1 N–H and O–H groups in total. The van der Waals surface area contributed by atoms with E-state index < -0.39 is 6.10 Å². The topological polar surface area (TPSA) is 80.7 Å². The van der Waals surface area contributed by atoms with E-state index in [1.54, 1.807) is 12.2 Å². The van der Waals surface area contributed by atoms with E-state index in [0.717, 1.165) is 24.8 Å². The van der Waals surface area contributed by atoms with Crippen molar-refractivity contribution in [2.24, 2.45) is 40.4 Å². The first-order chi connectivity index (χ1) is 15.1. The van der Waals surface area contributed by atoms with Crippen molar-refractivity contribution < 1.29 is 24.2 Å². The number of carbonyl (C=O) groups is 3. The highest BCUT2D eigenvalue weighted by Crippen LogP contribution is 2.67. The molecule has 0 bridgehead atoms. The van der Waals surface area contributed by atoms with Crippen LogP contribution < -0.4 is 0 Å². The van der Waals surface area contributed by atoms with Gasteiger partial charge in [-0.05, 0) is 80.3 Å². The maximum Gasteiger partial charge on any atom is 0.309 e. The summed E-state index contributed by atoms with van der Waals surface area (Å²) in [6, 6.07) is 0. The van der Waals surface area contributed by atoms with Crippen molar-refractivity contribution in [2.75, 3.05) is 6.61 Å². The molecule has 2 radical (unpaired) electrons. The Hall–Kier alpha value is -1.69. The molecule has 6 unspecified atom stereocenters. The van der Waals surface area contributed by atoms with Crippen molar-refractivity contribution in [1.82, 2.24) is 0 Å². The van der Waals surface area contributed by atoms with Crippen LogP contribution in [0.2, 0.25) is 0 Å². The molecule has 0 spiro atoms. The quantitative estimate of drug-likeness (QED) is 0.390. The van der Waals surface area contributed by atoms with Crippen molar-refractivity contribution in [3.63, 3.8) is 0 Å². The Bertz CT molecular complexity index is 862. The molecular formula is C26H35BO5. The SMILES string of the molecule is [B]C(=O)CCCCOC(=O)C1[C@H](C)CC2C3CCC4=CC(=O)C=CC4(C)C3[C@@H](O)CC21C. The zero-order valence-corrected chi connectivity index (χ0v) is 19.5. The van der Waals surface area contributed by atoms with E-state index in [9.17, 15) is 19.5 Å². The lowest BCUT2D eigenvalue weighted by Crippen LogP contribution is -2.56. The molecule has 3 fully saturated rings. The van der Waals surface area contributed by atoms with Crippen LogP contribution in [-0.4, -0.2) is 43.1 Å². The van der Waals surface area contributed by atoms with Crippen molar-refractivity contribution in [1.29, 1.82) is 0 Å². The van der Waals surface area contributed by atoms with Gasteiger partial charge in [0.25, 0.3) is 0 Å². The monoisotopic (exact) mass is 438 g/mol. The fraction of sp³-hybridized carbons (Fsp3) is 0.731. The molecule has 0 amide bonds. The van der Waals surface area contributed by atoms with E-state index in [4.69, 9.17) is 12.6 Å². The predicted molar refractivity (Wildman–Crippen MR) is 122 cm³/mol. The maximum atomic E-state index is 13.2. The molecule has 0 aliphatic heterocycles. The van der Waals surface area contributed by atoms with E-state index >= 15 is 0 Å². The molecule has 0 aromatic rings. The summed E-state index contributed by atoms with van der Waals surface area (Å²) in [7, 11) is 5.17. The van der Waals surface area contributed by atoms with Gasteiger partial charge in [0.2, 0.25) is 0 Å². The van der Waals surface area contributed by atoms with Crippen LogP contribution in [0.15, 0.2) is 23.8 Å². The Labute approximate surface area is 192 Å². The van der Waals surface area contributed by atoms with Crippen LogP contribution in [0.25, 0.3) is 0 Å². The first kappa shape index (κ1) is 23.5. The number of fused-ring (bicyclic) bond motifs is 5. The normalized spacial score (nSPS) is 42.5. The fourth-order valence-corrected chi connectivity index (χ4v) is 7.86. The molecule has 32 heavy (non-hydrogen) atoms. The molecule has 4 rings (SSSR count). The summed E-state index contributed by atoms with van der Waals surface area (Å²) in [5.41, 5.74) is 0.223. The molecule has 6 heteroatoms. The summed E-state index contributed by atoms with van der Waals surface area (Å²) in [6.45, 7) is 6.78. The number of esters is 1. The zero-order valence-electron chi connectivity index (χ0n) is 19.5. The Morgan fingerprint density at radius 3 is 2.75 bits per heavy atom. The van der Waals surface area contributed by atoms with Crippen LogP contribution in [-0.2, 0) is 19.1 Å². The highest BCUT2D eigenvalue weighted by Gasteiger charge is 2.64. The van der Waals surface area contributed by atoms with E-state index in [0.29, 0.717) is 44.1 Å². The van der Waals surface area contributed by atoms with Crippen LogP contribution in [0.1, 0.15) is 65.7 Å². The van der Waals surface area contributed by atoms with Gasteiger partial charge >= 0.3 is 5.97 Å². The molecule has 3 saturated carbocycles. The lowest BCUT2D eigenvalue weighted by Gasteiger charge is -2.58. The molecule has 4 aliphatic carbocycles. The van der Waals surface area contributed by atoms with Gasteiger partial charge in [-0.15, -0.1) is 0 Å². The lowest BCUT2D eigenvalue weighted by atomic mass is 9.47. The van der Waals surface area contributed by atoms with Gasteiger partial charge in [-0.1, -0.05) is 32.4 Å². The first-order valence-electron chi connectivity index (χ1n) is 12.1. The molecule has 8 atom stereocenters. The number of ether oxygens (including phenoxy) is 1. The number of ketones is 1. The molecule has 0 heterocycles. The summed E-state index contributed by atoms with van der Waals surface area (Å²) >= 11 is 0. The molecule has 172 valence electrons. The third-order valence-electron chi connectivity index (χ3n) is 9.15. The highest BCUT2D eigenvalue weighted by molar-refractivity contribution is 6.57. The van der Waals surface area contributed by atoms with Gasteiger partial charge in [-0.3, -0.25) is 9.59 Å². The molecule has 0 aromatic carbocycles. The average molecular weight is 438 g/mol. The van der Waals surface area contributed by atoms with Crippen molar-refractivity contribution >= 4 is 25.3 Å². The largest absolute Gasteiger partial charge is 0.465 e. The Morgan fingerprint density at radius 1 is 1.28 bits per heavy atom. The minimum Gasteiger partial charge on any atom is -0.465 e. The van der Waals surface area contributed by atoms with Crippen LogP contribution in [0.5, 0.6) is 0 Å². The summed E-state index contributed by atoms with van der Waals surface area (Å²) < 4.78 is 5.65. The van der Waals surface area contributed by atoms with Gasteiger partial charge < -0.3 is 14.6 Å². The van der Waals surface area contributed by atoms with Gasteiger partial charge in [0.15, 0.2) is 13.6 Å². The van der Waals surface area contributed by atoms with Crippen molar-refractivity contribution in [3.8, 4) is 0 Å².